The first-order valence-electron chi connectivity index (χ1n) is 18.3. The van der Waals surface area contributed by atoms with Gasteiger partial charge < -0.3 is 24.0 Å². The Morgan fingerprint density at radius 3 is 2.53 bits per heavy atom. The maximum atomic E-state index is 17.2. The van der Waals surface area contributed by atoms with Crippen molar-refractivity contribution in [3.8, 4) is 17.1 Å². The summed E-state index contributed by atoms with van der Waals surface area (Å²) in [6.45, 7) is 12.5. The van der Waals surface area contributed by atoms with Gasteiger partial charge in [-0.25, -0.2) is 27.7 Å². The summed E-state index contributed by atoms with van der Waals surface area (Å²) in [6, 6.07) is 3.78. The number of alkyl halides is 1. The summed E-state index contributed by atoms with van der Waals surface area (Å²) in [4.78, 5) is 44.8. The smallest absolute Gasteiger partial charge is 0.413 e. The molecule has 4 aromatic rings. The van der Waals surface area contributed by atoms with Crippen molar-refractivity contribution in [3.63, 3.8) is 0 Å². The van der Waals surface area contributed by atoms with E-state index in [1.165, 1.54) is 12.1 Å². The number of thiazole rings is 1. The van der Waals surface area contributed by atoms with E-state index in [4.69, 9.17) is 30.8 Å². The minimum atomic E-state index is -0.973. The Kier molecular flexibility index (Phi) is 10.2. The number of nitrogens with one attached hydrogen (secondary N) is 1. The highest BCUT2D eigenvalue weighted by Crippen LogP contribution is 2.44. The number of likely N-dealkylation sites (N-methyl/N-ethyl adjacent to an activating group) is 1. The topological polar surface area (TPSA) is 122 Å². The van der Waals surface area contributed by atoms with E-state index in [1.807, 2.05) is 4.90 Å². The van der Waals surface area contributed by atoms with E-state index in [0.29, 0.717) is 38.3 Å². The number of fused-ring (bicyclic) bond motifs is 3. The number of carbonyl (C=O) groups is 2. The van der Waals surface area contributed by atoms with Crippen LogP contribution in [-0.4, -0.2) is 106 Å². The van der Waals surface area contributed by atoms with Crippen molar-refractivity contribution in [2.24, 2.45) is 0 Å². The predicted molar refractivity (Wildman–Crippen MR) is 206 cm³/mol. The van der Waals surface area contributed by atoms with Crippen molar-refractivity contribution >= 4 is 67.2 Å². The minimum Gasteiger partial charge on any atom is -0.461 e. The van der Waals surface area contributed by atoms with Crippen LogP contribution in [0.2, 0.25) is 5.02 Å². The summed E-state index contributed by atoms with van der Waals surface area (Å²) in [6.07, 6.45) is 0.385. The molecule has 0 unspecified atom stereocenters. The van der Waals surface area contributed by atoms with Crippen molar-refractivity contribution in [1.29, 1.82) is 0 Å². The van der Waals surface area contributed by atoms with Gasteiger partial charge in [-0.15, -0.1) is 0 Å². The van der Waals surface area contributed by atoms with Gasteiger partial charge in [0, 0.05) is 55.7 Å². The molecule has 3 atom stereocenters. The lowest BCUT2D eigenvalue weighted by Gasteiger charge is -2.31. The minimum absolute atomic E-state index is 0.0123. The Bertz CT molecular complexity index is 2160. The molecule has 3 saturated heterocycles. The normalized spacial score (nSPS) is 21.7. The van der Waals surface area contributed by atoms with Gasteiger partial charge in [0.1, 0.15) is 41.1 Å². The first kappa shape index (κ1) is 39.1. The third-order valence-corrected chi connectivity index (χ3v) is 11.4. The molecule has 3 aliphatic rings. The summed E-state index contributed by atoms with van der Waals surface area (Å²) in [7, 11) is 1.80. The molecule has 0 aliphatic carbocycles. The molecule has 7 rings (SSSR count). The van der Waals surface area contributed by atoms with Gasteiger partial charge in [-0.3, -0.25) is 10.2 Å². The number of ether oxygens (including phenoxy) is 3. The van der Waals surface area contributed by atoms with E-state index >= 15 is 8.78 Å². The summed E-state index contributed by atoms with van der Waals surface area (Å²) in [5, 5.41) is 2.86. The van der Waals surface area contributed by atoms with Crippen molar-refractivity contribution in [1.82, 2.24) is 24.8 Å². The molecule has 17 heteroatoms. The molecule has 1 N–H and O–H groups in total. The second-order valence-electron chi connectivity index (χ2n) is 16.5. The van der Waals surface area contributed by atoms with E-state index in [9.17, 15) is 14.0 Å². The van der Waals surface area contributed by atoms with Gasteiger partial charge in [0.25, 0.3) is 0 Å². The number of nitrogens with zero attached hydrogens (tertiary/aromatic N) is 6. The SMILES string of the molecule is CN(c1nc(OC[C@@]23CCCN2C[C@H](F)C3)nc2c(F)c(-c3ccc(F)c4sc(NC(=O)OC(C)(C)C)nc34)c(Cl)cc12)[C@@H]1CCN(C(=O)OC(C)(C)C)C1. The fourth-order valence-corrected chi connectivity index (χ4v) is 8.91. The average Bonchev–Trinajstić information content (AvgIpc) is 3.86. The summed E-state index contributed by atoms with van der Waals surface area (Å²) < 4.78 is 64.3. The first-order valence-corrected chi connectivity index (χ1v) is 19.5. The number of rotatable bonds is 7. The van der Waals surface area contributed by atoms with Crippen LogP contribution in [0.3, 0.4) is 0 Å². The summed E-state index contributed by atoms with van der Waals surface area (Å²) in [5.74, 6) is -1.12. The maximum Gasteiger partial charge on any atom is 0.413 e. The molecule has 0 spiro atoms. The number of anilines is 2. The Balaban J connectivity index is 1.29. The molecular weight excluding hydrogens is 759 g/mol. The van der Waals surface area contributed by atoms with E-state index in [0.717, 1.165) is 30.7 Å². The van der Waals surface area contributed by atoms with Gasteiger partial charge in [0.05, 0.1) is 20.8 Å². The van der Waals surface area contributed by atoms with Crippen LogP contribution in [0.25, 0.3) is 32.2 Å². The van der Waals surface area contributed by atoms with Gasteiger partial charge in [-0.1, -0.05) is 22.9 Å². The summed E-state index contributed by atoms with van der Waals surface area (Å²) >= 11 is 7.78. The van der Waals surface area contributed by atoms with Gasteiger partial charge in [0.2, 0.25) is 0 Å². The van der Waals surface area contributed by atoms with Crippen LogP contribution in [0.5, 0.6) is 6.01 Å². The highest BCUT2D eigenvalue weighted by Gasteiger charge is 2.49. The molecule has 2 amide bonds. The van der Waals surface area contributed by atoms with E-state index in [1.54, 1.807) is 59.6 Å². The lowest BCUT2D eigenvalue weighted by atomic mass is 9.95. The molecule has 0 bridgehead atoms. The van der Waals surface area contributed by atoms with Crippen LogP contribution < -0.4 is 15.0 Å². The zero-order chi connectivity index (χ0) is 39.6. The van der Waals surface area contributed by atoms with Gasteiger partial charge in [-0.2, -0.15) is 9.97 Å². The van der Waals surface area contributed by atoms with E-state index in [-0.39, 0.29) is 61.1 Å². The molecule has 5 heterocycles. The highest BCUT2D eigenvalue weighted by atomic mass is 35.5. The monoisotopic (exact) mass is 803 g/mol. The number of hydrogen-bond donors (Lipinski definition) is 1. The zero-order valence-corrected chi connectivity index (χ0v) is 33.5. The second-order valence-corrected chi connectivity index (χ2v) is 17.9. The second kappa shape index (κ2) is 14.4. The third-order valence-electron chi connectivity index (χ3n) is 10.1. The average molecular weight is 804 g/mol. The number of aromatic nitrogens is 3. The van der Waals surface area contributed by atoms with Crippen molar-refractivity contribution in [2.75, 3.05) is 50.1 Å². The molecule has 2 aromatic heterocycles. The third kappa shape index (κ3) is 7.95. The van der Waals surface area contributed by atoms with Crippen LogP contribution in [0.4, 0.5) is 33.7 Å². The zero-order valence-electron chi connectivity index (χ0n) is 31.9. The van der Waals surface area contributed by atoms with Crippen LogP contribution >= 0.6 is 22.9 Å². The van der Waals surface area contributed by atoms with Crippen molar-refractivity contribution in [2.45, 2.75) is 96.2 Å². The van der Waals surface area contributed by atoms with E-state index < -0.39 is 46.7 Å². The molecule has 0 radical (unpaired) electrons. The van der Waals surface area contributed by atoms with E-state index in [2.05, 4.69) is 20.2 Å². The number of amides is 2. The fraction of sp³-hybridized carbons (Fsp3) is 0.553. The molecule has 0 saturated carbocycles. The van der Waals surface area contributed by atoms with Crippen LogP contribution in [0.15, 0.2) is 18.2 Å². The van der Waals surface area contributed by atoms with Gasteiger partial charge >= 0.3 is 18.2 Å². The molecule has 296 valence electrons. The Labute approximate surface area is 326 Å². The molecule has 55 heavy (non-hydrogen) atoms. The highest BCUT2D eigenvalue weighted by molar-refractivity contribution is 7.22. The number of halogens is 4. The molecule has 12 nitrogen and oxygen atoms in total. The predicted octanol–water partition coefficient (Wildman–Crippen LogP) is 8.59. The lowest BCUT2D eigenvalue weighted by Crippen LogP contribution is -2.43. The molecule has 2 aromatic carbocycles. The van der Waals surface area contributed by atoms with Crippen molar-refractivity contribution in [3.05, 3.63) is 34.9 Å². The lowest BCUT2D eigenvalue weighted by molar-refractivity contribution is 0.0292. The quantitative estimate of drug-likeness (QED) is 0.195. The number of carbonyl (C=O) groups excluding carboxylic acids is 2. The Morgan fingerprint density at radius 2 is 1.80 bits per heavy atom. The fourth-order valence-electron chi connectivity index (χ4n) is 7.73. The Morgan fingerprint density at radius 1 is 1.05 bits per heavy atom. The molecule has 3 aliphatic heterocycles. The van der Waals surface area contributed by atoms with Crippen LogP contribution in [0, 0.1) is 11.6 Å². The van der Waals surface area contributed by atoms with Crippen LogP contribution in [-0.2, 0) is 9.47 Å². The standard InChI is InChI=1S/C38H45ClF3N7O5S/c1-36(2,3)53-34(50)46-33-44-29-22(9-10-25(41)30(29)55-33)26-24(39)15-23-28(27(26)42)43-32(52-19-38-12-8-13-49(38)17-20(40)16-38)45-31(23)47(7)21-11-14-48(18-21)35(51)54-37(4,5)6/h9-10,15,20-21H,8,11-14,16-19H2,1-7H3,(H,44,46,50)/t20-,21-,38+/m1/s1. The summed E-state index contributed by atoms with van der Waals surface area (Å²) in [5.41, 5.74) is -1.90. The van der Waals surface area contributed by atoms with Crippen molar-refractivity contribution < 1.29 is 37.0 Å². The first-order chi connectivity index (χ1) is 25.8. The Hall–Kier alpha value is -4.15. The van der Waals surface area contributed by atoms with Gasteiger partial charge in [-0.05, 0) is 85.5 Å². The van der Waals surface area contributed by atoms with Crippen LogP contribution in [0.1, 0.15) is 67.2 Å². The number of likely N-dealkylation sites (tertiary alicyclic amines) is 1. The number of hydrogen-bond acceptors (Lipinski definition) is 11. The maximum absolute atomic E-state index is 17.2. The number of benzene rings is 2. The van der Waals surface area contributed by atoms with Gasteiger partial charge in [0.15, 0.2) is 10.9 Å². The molecule has 3 fully saturated rings. The largest absolute Gasteiger partial charge is 0.461 e. The molecular formula is C38H45ClF3N7O5S.